The van der Waals surface area contributed by atoms with E-state index in [4.69, 9.17) is 11.0 Å². The molecule has 0 radical (unpaired) electrons. The molecule has 0 amide bonds. The monoisotopic (exact) mass is 191 g/mol. The lowest BCUT2D eigenvalue weighted by Gasteiger charge is -2.09. The summed E-state index contributed by atoms with van der Waals surface area (Å²) in [6.07, 6.45) is 3.69. The van der Waals surface area contributed by atoms with Crippen molar-refractivity contribution >= 4 is 0 Å². The first-order valence-corrected chi connectivity index (χ1v) is 4.53. The van der Waals surface area contributed by atoms with E-state index in [9.17, 15) is 4.39 Å². The molecule has 2 rings (SSSR count). The molecule has 1 fully saturated rings. The molecule has 1 atom stereocenters. The molecule has 1 aromatic heterocycles. The van der Waals surface area contributed by atoms with Crippen LogP contribution in [0.25, 0.3) is 0 Å². The Morgan fingerprint density at radius 2 is 2.36 bits per heavy atom. The van der Waals surface area contributed by atoms with Gasteiger partial charge in [-0.25, -0.2) is 9.37 Å². The first-order valence-electron chi connectivity index (χ1n) is 4.53. The summed E-state index contributed by atoms with van der Waals surface area (Å²) in [4.78, 5) is 3.71. The molecule has 1 aromatic rings. The summed E-state index contributed by atoms with van der Waals surface area (Å²) in [6, 6.07) is 2.86. The standard InChI is InChI=1S/C10H10FN3/c11-8-3-7(5-14-9(8)4-12)10(13)6-1-2-6/h3,5-6,10H,1-2,13H2/t10-/m1/s1. The van der Waals surface area contributed by atoms with Crippen LogP contribution in [0.5, 0.6) is 0 Å². The smallest absolute Gasteiger partial charge is 0.176 e. The Bertz CT molecular complexity index is 393. The summed E-state index contributed by atoms with van der Waals surface area (Å²) in [5, 5.41) is 8.49. The van der Waals surface area contributed by atoms with Crippen molar-refractivity contribution in [1.82, 2.24) is 4.98 Å². The van der Waals surface area contributed by atoms with E-state index in [1.165, 1.54) is 12.3 Å². The van der Waals surface area contributed by atoms with Crippen molar-refractivity contribution in [1.29, 1.82) is 5.26 Å². The summed E-state index contributed by atoms with van der Waals surface area (Å²) in [7, 11) is 0. The second kappa shape index (κ2) is 3.35. The molecule has 1 aliphatic carbocycles. The highest BCUT2D eigenvalue weighted by Gasteiger charge is 2.30. The van der Waals surface area contributed by atoms with Crippen LogP contribution in [0.15, 0.2) is 12.3 Å². The number of hydrogen-bond acceptors (Lipinski definition) is 3. The molecule has 1 heterocycles. The lowest BCUT2D eigenvalue weighted by atomic mass is 10.1. The van der Waals surface area contributed by atoms with Crippen molar-refractivity contribution in [2.75, 3.05) is 0 Å². The van der Waals surface area contributed by atoms with Gasteiger partial charge in [0.25, 0.3) is 0 Å². The van der Waals surface area contributed by atoms with Gasteiger partial charge in [0.2, 0.25) is 0 Å². The van der Waals surface area contributed by atoms with E-state index >= 15 is 0 Å². The number of pyridine rings is 1. The number of aromatic nitrogens is 1. The molecule has 14 heavy (non-hydrogen) atoms. The maximum Gasteiger partial charge on any atom is 0.176 e. The van der Waals surface area contributed by atoms with E-state index in [0.29, 0.717) is 11.5 Å². The number of hydrogen-bond donors (Lipinski definition) is 1. The molecular weight excluding hydrogens is 181 g/mol. The minimum Gasteiger partial charge on any atom is -0.324 e. The van der Waals surface area contributed by atoms with Crippen molar-refractivity contribution in [3.05, 3.63) is 29.3 Å². The predicted octanol–water partition coefficient (Wildman–Crippen LogP) is 1.50. The normalized spacial score (nSPS) is 17.5. The summed E-state index contributed by atoms with van der Waals surface area (Å²) in [5.74, 6) is -0.120. The third-order valence-corrected chi connectivity index (χ3v) is 2.48. The summed E-state index contributed by atoms with van der Waals surface area (Å²) < 4.78 is 13.2. The molecule has 4 heteroatoms. The number of halogens is 1. The molecule has 72 valence electrons. The average molecular weight is 191 g/mol. The maximum atomic E-state index is 13.2. The molecule has 0 unspecified atom stereocenters. The average Bonchev–Trinajstić information content (AvgIpc) is 3.00. The molecule has 1 aliphatic rings. The zero-order valence-electron chi connectivity index (χ0n) is 7.57. The van der Waals surface area contributed by atoms with Crippen molar-refractivity contribution in [2.45, 2.75) is 18.9 Å². The Morgan fingerprint density at radius 3 is 2.86 bits per heavy atom. The van der Waals surface area contributed by atoms with Crippen LogP contribution in [-0.4, -0.2) is 4.98 Å². The van der Waals surface area contributed by atoms with E-state index in [2.05, 4.69) is 4.98 Å². The summed E-state index contributed by atoms with van der Waals surface area (Å²) in [6.45, 7) is 0. The van der Waals surface area contributed by atoms with Gasteiger partial charge >= 0.3 is 0 Å². The van der Waals surface area contributed by atoms with Gasteiger partial charge in [0.15, 0.2) is 11.5 Å². The van der Waals surface area contributed by atoms with Gasteiger partial charge in [-0.05, 0) is 30.4 Å². The van der Waals surface area contributed by atoms with Gasteiger partial charge in [-0.1, -0.05) is 0 Å². The van der Waals surface area contributed by atoms with Gasteiger partial charge in [-0.2, -0.15) is 5.26 Å². The van der Waals surface area contributed by atoms with Crippen molar-refractivity contribution in [3.8, 4) is 6.07 Å². The van der Waals surface area contributed by atoms with E-state index in [-0.39, 0.29) is 11.7 Å². The first-order chi connectivity index (χ1) is 6.72. The second-order valence-electron chi connectivity index (χ2n) is 3.57. The van der Waals surface area contributed by atoms with Crippen LogP contribution in [0.3, 0.4) is 0 Å². The molecule has 0 aliphatic heterocycles. The Labute approximate surface area is 81.4 Å². The third-order valence-electron chi connectivity index (χ3n) is 2.48. The first kappa shape index (κ1) is 9.10. The fraction of sp³-hybridized carbons (Fsp3) is 0.400. The fourth-order valence-corrected chi connectivity index (χ4v) is 1.44. The van der Waals surface area contributed by atoms with E-state index < -0.39 is 5.82 Å². The highest BCUT2D eigenvalue weighted by molar-refractivity contribution is 5.27. The number of nitriles is 1. The lowest BCUT2D eigenvalue weighted by Crippen LogP contribution is -2.13. The van der Waals surface area contributed by atoms with Crippen LogP contribution >= 0.6 is 0 Å². The maximum absolute atomic E-state index is 13.2. The fourth-order valence-electron chi connectivity index (χ4n) is 1.44. The molecule has 2 N–H and O–H groups in total. The van der Waals surface area contributed by atoms with E-state index in [1.807, 2.05) is 0 Å². The summed E-state index contributed by atoms with van der Waals surface area (Å²) >= 11 is 0. The van der Waals surface area contributed by atoms with Gasteiger partial charge in [-0.3, -0.25) is 0 Å². The van der Waals surface area contributed by atoms with Gasteiger partial charge in [0.05, 0.1) is 0 Å². The van der Waals surface area contributed by atoms with Crippen LogP contribution in [0, 0.1) is 23.1 Å². The van der Waals surface area contributed by atoms with Crippen molar-refractivity contribution in [3.63, 3.8) is 0 Å². The third kappa shape index (κ3) is 1.59. The minimum atomic E-state index is -0.582. The Balaban J connectivity index is 2.28. The molecule has 1 saturated carbocycles. The van der Waals surface area contributed by atoms with Crippen LogP contribution in [-0.2, 0) is 0 Å². The molecule has 0 bridgehead atoms. The number of nitrogens with zero attached hydrogens (tertiary/aromatic N) is 2. The lowest BCUT2D eigenvalue weighted by molar-refractivity contribution is 0.591. The molecule has 0 aromatic carbocycles. The topological polar surface area (TPSA) is 62.7 Å². The van der Waals surface area contributed by atoms with Gasteiger partial charge < -0.3 is 5.73 Å². The van der Waals surface area contributed by atoms with Gasteiger partial charge in [-0.15, -0.1) is 0 Å². The van der Waals surface area contributed by atoms with E-state index in [1.54, 1.807) is 6.07 Å². The quantitative estimate of drug-likeness (QED) is 0.770. The van der Waals surface area contributed by atoms with Gasteiger partial charge in [0, 0.05) is 12.2 Å². The Hall–Kier alpha value is -1.47. The molecule has 3 nitrogen and oxygen atoms in total. The van der Waals surface area contributed by atoms with E-state index in [0.717, 1.165) is 12.8 Å². The zero-order valence-corrected chi connectivity index (χ0v) is 7.57. The molecule has 0 spiro atoms. The molecule has 0 saturated heterocycles. The van der Waals surface area contributed by atoms with Crippen molar-refractivity contribution in [2.24, 2.45) is 11.7 Å². The zero-order chi connectivity index (χ0) is 10.1. The van der Waals surface area contributed by atoms with Crippen molar-refractivity contribution < 1.29 is 4.39 Å². The largest absolute Gasteiger partial charge is 0.324 e. The Kier molecular flexibility index (Phi) is 2.18. The SMILES string of the molecule is N#Cc1ncc([C@H](N)C2CC2)cc1F. The minimum absolute atomic E-state index is 0.134. The highest BCUT2D eigenvalue weighted by Crippen LogP contribution is 2.39. The van der Waals surface area contributed by atoms with Crippen LogP contribution in [0.4, 0.5) is 4.39 Å². The number of rotatable bonds is 2. The summed E-state index contributed by atoms with van der Waals surface area (Å²) in [5.41, 5.74) is 6.39. The highest BCUT2D eigenvalue weighted by atomic mass is 19.1. The van der Waals surface area contributed by atoms with Gasteiger partial charge in [0.1, 0.15) is 6.07 Å². The van der Waals surface area contributed by atoms with Crippen LogP contribution in [0.1, 0.15) is 30.1 Å². The predicted molar refractivity (Wildman–Crippen MR) is 48.6 cm³/mol. The molecular formula is C10H10FN3. The number of nitrogens with two attached hydrogens (primary N) is 1. The van der Waals surface area contributed by atoms with Crippen LogP contribution < -0.4 is 5.73 Å². The second-order valence-corrected chi connectivity index (χ2v) is 3.57. The Morgan fingerprint density at radius 1 is 1.64 bits per heavy atom. The van der Waals surface area contributed by atoms with Crippen LogP contribution in [0.2, 0.25) is 0 Å².